The summed E-state index contributed by atoms with van der Waals surface area (Å²) in [7, 11) is 0. The highest BCUT2D eigenvalue weighted by molar-refractivity contribution is 5.91. The standard InChI is InChI=1S/C13H12F3N3O2/c1-2-21-12(20)8-3-4-10(9(17)7-8)19-6-5-11(18-19)13(14,15)16/h3-7H,2,17H2,1H3. The van der Waals surface area contributed by atoms with Crippen molar-refractivity contribution in [2.24, 2.45) is 0 Å². The lowest BCUT2D eigenvalue weighted by atomic mass is 10.2. The summed E-state index contributed by atoms with van der Waals surface area (Å²) in [5.41, 5.74) is 5.33. The lowest BCUT2D eigenvalue weighted by Crippen LogP contribution is -2.09. The van der Waals surface area contributed by atoms with Crippen LogP contribution < -0.4 is 5.73 Å². The average molecular weight is 299 g/mol. The van der Waals surface area contributed by atoms with Gasteiger partial charge in [-0.05, 0) is 31.2 Å². The number of carbonyl (C=O) groups excluding carboxylic acids is 1. The molecular formula is C13H12F3N3O2. The van der Waals surface area contributed by atoms with Crippen LogP contribution in [0.5, 0.6) is 0 Å². The molecule has 0 saturated heterocycles. The van der Waals surface area contributed by atoms with Gasteiger partial charge in [-0.1, -0.05) is 0 Å². The fourth-order valence-corrected chi connectivity index (χ4v) is 1.71. The van der Waals surface area contributed by atoms with E-state index < -0.39 is 17.8 Å². The van der Waals surface area contributed by atoms with Gasteiger partial charge in [0.15, 0.2) is 5.69 Å². The highest BCUT2D eigenvalue weighted by atomic mass is 19.4. The Morgan fingerprint density at radius 1 is 1.38 bits per heavy atom. The van der Waals surface area contributed by atoms with Crippen LogP contribution in [0.1, 0.15) is 23.0 Å². The Labute approximate surface area is 118 Å². The van der Waals surface area contributed by atoms with Crippen molar-refractivity contribution in [2.75, 3.05) is 12.3 Å². The van der Waals surface area contributed by atoms with Crippen LogP contribution >= 0.6 is 0 Å². The summed E-state index contributed by atoms with van der Waals surface area (Å²) in [4.78, 5) is 11.5. The largest absolute Gasteiger partial charge is 0.462 e. The lowest BCUT2D eigenvalue weighted by Gasteiger charge is -2.08. The Morgan fingerprint density at radius 2 is 2.10 bits per heavy atom. The first-order valence-corrected chi connectivity index (χ1v) is 6.03. The van der Waals surface area contributed by atoms with Crippen LogP contribution in [0.3, 0.4) is 0 Å². The molecule has 0 radical (unpaired) electrons. The number of hydrogen-bond acceptors (Lipinski definition) is 4. The molecule has 1 aromatic heterocycles. The summed E-state index contributed by atoms with van der Waals surface area (Å²) in [6.07, 6.45) is -3.37. The topological polar surface area (TPSA) is 70.1 Å². The van der Waals surface area contributed by atoms with Gasteiger partial charge in [0.05, 0.1) is 23.5 Å². The maximum absolute atomic E-state index is 12.5. The van der Waals surface area contributed by atoms with E-state index in [1.165, 1.54) is 18.2 Å². The number of halogens is 3. The summed E-state index contributed by atoms with van der Waals surface area (Å²) < 4.78 is 43.3. The maximum atomic E-state index is 12.5. The Balaban J connectivity index is 2.33. The highest BCUT2D eigenvalue weighted by Gasteiger charge is 2.33. The zero-order chi connectivity index (χ0) is 15.6. The number of hydrogen-bond donors (Lipinski definition) is 1. The first-order chi connectivity index (χ1) is 9.82. The SMILES string of the molecule is CCOC(=O)c1ccc(-n2ccc(C(F)(F)F)n2)c(N)c1. The summed E-state index contributed by atoms with van der Waals surface area (Å²) in [5, 5.41) is 3.42. The molecule has 112 valence electrons. The molecule has 0 saturated carbocycles. The zero-order valence-electron chi connectivity index (χ0n) is 11.0. The van der Waals surface area contributed by atoms with E-state index in [1.807, 2.05) is 0 Å². The molecule has 2 rings (SSSR count). The average Bonchev–Trinajstić information content (AvgIpc) is 2.88. The van der Waals surface area contributed by atoms with E-state index >= 15 is 0 Å². The fraction of sp³-hybridized carbons (Fsp3) is 0.231. The minimum atomic E-state index is -4.52. The molecule has 0 amide bonds. The molecule has 0 spiro atoms. The van der Waals surface area contributed by atoms with E-state index in [-0.39, 0.29) is 23.5 Å². The number of carbonyl (C=O) groups is 1. The second-order valence-corrected chi connectivity index (χ2v) is 4.14. The molecule has 21 heavy (non-hydrogen) atoms. The molecule has 0 unspecified atom stereocenters. The predicted molar refractivity (Wildman–Crippen MR) is 68.9 cm³/mol. The number of nitrogens with zero attached hydrogens (tertiary/aromatic N) is 2. The molecule has 1 heterocycles. The molecule has 0 aliphatic rings. The van der Waals surface area contributed by atoms with Crippen LogP contribution in [0.25, 0.3) is 5.69 Å². The number of benzene rings is 1. The molecule has 0 fully saturated rings. The van der Waals surface area contributed by atoms with Gasteiger partial charge in [-0.25, -0.2) is 9.48 Å². The van der Waals surface area contributed by atoms with E-state index in [0.717, 1.165) is 16.9 Å². The molecule has 0 atom stereocenters. The normalized spacial score (nSPS) is 11.4. The second kappa shape index (κ2) is 5.47. The van der Waals surface area contributed by atoms with Gasteiger partial charge in [0.25, 0.3) is 0 Å². The third-order valence-corrected chi connectivity index (χ3v) is 2.66. The minimum Gasteiger partial charge on any atom is -0.462 e. The van der Waals surface area contributed by atoms with Crippen LogP contribution in [-0.4, -0.2) is 22.4 Å². The fourth-order valence-electron chi connectivity index (χ4n) is 1.71. The Kier molecular flexibility index (Phi) is 3.88. The molecule has 5 nitrogen and oxygen atoms in total. The van der Waals surface area contributed by atoms with E-state index in [9.17, 15) is 18.0 Å². The number of ether oxygens (including phenoxy) is 1. The number of anilines is 1. The van der Waals surface area contributed by atoms with Gasteiger partial charge in [-0.3, -0.25) is 0 Å². The minimum absolute atomic E-state index is 0.123. The molecule has 2 aromatic rings. The van der Waals surface area contributed by atoms with Crippen molar-refractivity contribution in [3.8, 4) is 5.69 Å². The van der Waals surface area contributed by atoms with Crippen LogP contribution in [0.15, 0.2) is 30.5 Å². The number of nitrogen functional groups attached to an aromatic ring is 1. The zero-order valence-corrected chi connectivity index (χ0v) is 11.0. The van der Waals surface area contributed by atoms with Gasteiger partial charge < -0.3 is 10.5 Å². The molecular weight excluding hydrogens is 287 g/mol. The van der Waals surface area contributed by atoms with Gasteiger partial charge in [-0.2, -0.15) is 18.3 Å². The number of esters is 1. The van der Waals surface area contributed by atoms with Crippen molar-refractivity contribution in [1.82, 2.24) is 9.78 Å². The van der Waals surface area contributed by atoms with E-state index in [4.69, 9.17) is 10.5 Å². The molecule has 1 aromatic carbocycles. The van der Waals surface area contributed by atoms with E-state index in [0.29, 0.717) is 0 Å². The molecule has 0 aliphatic carbocycles. The second-order valence-electron chi connectivity index (χ2n) is 4.14. The van der Waals surface area contributed by atoms with E-state index in [1.54, 1.807) is 6.92 Å². The van der Waals surface area contributed by atoms with Gasteiger partial charge in [-0.15, -0.1) is 0 Å². The molecule has 0 aliphatic heterocycles. The highest BCUT2D eigenvalue weighted by Crippen LogP contribution is 2.28. The van der Waals surface area contributed by atoms with Gasteiger partial charge in [0, 0.05) is 6.20 Å². The summed E-state index contributed by atoms with van der Waals surface area (Å²) in [5.74, 6) is -0.549. The third kappa shape index (κ3) is 3.15. The van der Waals surface area contributed by atoms with Crippen LogP contribution in [0, 0.1) is 0 Å². The number of aromatic nitrogens is 2. The summed E-state index contributed by atoms with van der Waals surface area (Å²) >= 11 is 0. The van der Waals surface area contributed by atoms with Crippen LogP contribution in [-0.2, 0) is 10.9 Å². The van der Waals surface area contributed by atoms with Crippen molar-refractivity contribution < 1.29 is 22.7 Å². The Bertz CT molecular complexity index is 665. The lowest BCUT2D eigenvalue weighted by molar-refractivity contribution is -0.141. The van der Waals surface area contributed by atoms with Crippen molar-refractivity contribution in [3.63, 3.8) is 0 Å². The number of alkyl halides is 3. The van der Waals surface area contributed by atoms with Crippen LogP contribution in [0.2, 0.25) is 0 Å². The first-order valence-electron chi connectivity index (χ1n) is 6.03. The van der Waals surface area contributed by atoms with E-state index in [2.05, 4.69) is 5.10 Å². The smallest absolute Gasteiger partial charge is 0.435 e. The van der Waals surface area contributed by atoms with Gasteiger partial charge in [0.1, 0.15) is 0 Å². The third-order valence-electron chi connectivity index (χ3n) is 2.66. The van der Waals surface area contributed by atoms with Crippen molar-refractivity contribution in [3.05, 3.63) is 41.7 Å². The van der Waals surface area contributed by atoms with Crippen molar-refractivity contribution in [2.45, 2.75) is 13.1 Å². The summed E-state index contributed by atoms with van der Waals surface area (Å²) in [6, 6.07) is 5.01. The van der Waals surface area contributed by atoms with Crippen LogP contribution in [0.4, 0.5) is 18.9 Å². The molecule has 0 bridgehead atoms. The van der Waals surface area contributed by atoms with Crippen molar-refractivity contribution >= 4 is 11.7 Å². The predicted octanol–water partition coefficient (Wildman–Crippen LogP) is 2.65. The quantitative estimate of drug-likeness (QED) is 0.698. The van der Waals surface area contributed by atoms with Crippen molar-refractivity contribution in [1.29, 1.82) is 0 Å². The maximum Gasteiger partial charge on any atom is 0.435 e. The Morgan fingerprint density at radius 3 is 2.62 bits per heavy atom. The number of rotatable bonds is 3. The molecule has 2 N–H and O–H groups in total. The monoisotopic (exact) mass is 299 g/mol. The van der Waals surface area contributed by atoms with Gasteiger partial charge >= 0.3 is 12.1 Å². The summed E-state index contributed by atoms with van der Waals surface area (Å²) in [6.45, 7) is 1.88. The Hall–Kier alpha value is -2.51. The van der Waals surface area contributed by atoms with Gasteiger partial charge in [0.2, 0.25) is 0 Å². The number of nitrogens with two attached hydrogens (primary N) is 1. The molecule has 8 heteroatoms. The first kappa shape index (κ1) is 14.9.